The molecule has 2 aliphatic rings. The summed E-state index contributed by atoms with van der Waals surface area (Å²) in [5.74, 6) is -1.27. The van der Waals surface area contributed by atoms with Crippen LogP contribution in [0.25, 0.3) is 0 Å². The molecule has 0 saturated carbocycles. The third kappa shape index (κ3) is 3.20. The van der Waals surface area contributed by atoms with E-state index in [1.807, 2.05) is 0 Å². The Morgan fingerprint density at radius 2 is 1.76 bits per heavy atom. The number of hydrogen-bond acceptors (Lipinski definition) is 6. The van der Waals surface area contributed by atoms with Gasteiger partial charge >= 0.3 is 0 Å². The van der Waals surface area contributed by atoms with Crippen LogP contribution in [-0.4, -0.2) is 24.2 Å². The number of hydrogen-bond donors (Lipinski definition) is 1. The van der Waals surface area contributed by atoms with Crippen molar-refractivity contribution in [2.75, 3.05) is 12.0 Å². The summed E-state index contributed by atoms with van der Waals surface area (Å²) in [4.78, 5) is 27.7. The van der Waals surface area contributed by atoms with Crippen molar-refractivity contribution in [3.8, 4) is 11.8 Å². The molecule has 0 aliphatic carbocycles. The largest absolute Gasteiger partial charge is 0.497 e. The Labute approximate surface area is 180 Å². The van der Waals surface area contributed by atoms with Crippen molar-refractivity contribution in [2.24, 2.45) is 11.7 Å². The highest BCUT2D eigenvalue weighted by atomic mass is 79.9. The van der Waals surface area contributed by atoms with Crippen molar-refractivity contribution in [1.82, 2.24) is 0 Å². The quantitative estimate of drug-likeness (QED) is 0.690. The molecule has 0 radical (unpaired) electrons. The molecule has 0 aromatic heterocycles. The lowest BCUT2D eigenvalue weighted by atomic mass is 9.79. The second kappa shape index (κ2) is 7.58. The van der Waals surface area contributed by atoms with E-state index in [2.05, 4.69) is 22.0 Å². The second-order valence-corrected chi connectivity index (χ2v) is 8.79. The minimum Gasteiger partial charge on any atom is -0.497 e. The number of thioether (sulfide) groups is 1. The van der Waals surface area contributed by atoms with E-state index in [0.29, 0.717) is 17.0 Å². The second-order valence-electron chi connectivity index (χ2n) is 6.69. The Kier molecular flexibility index (Phi) is 5.11. The molecule has 1 fully saturated rings. The molecule has 4 rings (SSSR count). The Morgan fingerprint density at radius 1 is 1.10 bits per heavy atom. The van der Waals surface area contributed by atoms with Crippen LogP contribution >= 0.6 is 27.7 Å². The van der Waals surface area contributed by atoms with Gasteiger partial charge in [-0.2, -0.15) is 5.26 Å². The van der Waals surface area contributed by atoms with Crippen LogP contribution in [0.5, 0.6) is 5.75 Å². The first-order valence-electron chi connectivity index (χ1n) is 8.80. The number of ether oxygens (including phenoxy) is 1. The standard InChI is InChI=1S/C21H16BrN3O3S/c1-28-14-8-2-11(3-9-14)16-15(10-23)19(24)29-18-17(16)20(26)25(21(18)27)13-6-4-12(22)5-7-13/h2-9,16-18H,24H2,1H3/t16-,17+,18+/m1/s1. The van der Waals surface area contributed by atoms with Gasteiger partial charge in [0.2, 0.25) is 11.8 Å². The van der Waals surface area contributed by atoms with Gasteiger partial charge in [0.15, 0.2) is 0 Å². The van der Waals surface area contributed by atoms with Crippen molar-refractivity contribution < 1.29 is 14.3 Å². The molecule has 2 heterocycles. The zero-order chi connectivity index (χ0) is 20.7. The lowest BCUT2D eigenvalue weighted by Crippen LogP contribution is -2.33. The molecule has 6 nitrogen and oxygen atoms in total. The fraction of sp³-hybridized carbons (Fsp3) is 0.190. The van der Waals surface area contributed by atoms with Gasteiger partial charge in [0, 0.05) is 10.4 Å². The summed E-state index contributed by atoms with van der Waals surface area (Å²) < 4.78 is 6.05. The molecule has 8 heteroatoms. The molecule has 0 spiro atoms. The normalized spacial score (nSPS) is 23.8. The Bertz CT molecular complexity index is 1060. The van der Waals surface area contributed by atoms with Crippen LogP contribution in [0.1, 0.15) is 11.5 Å². The van der Waals surface area contributed by atoms with E-state index in [1.54, 1.807) is 55.6 Å². The number of carbonyl (C=O) groups excluding carboxylic acids is 2. The van der Waals surface area contributed by atoms with Crippen LogP contribution in [-0.2, 0) is 9.59 Å². The molecule has 1 saturated heterocycles. The van der Waals surface area contributed by atoms with Gasteiger partial charge < -0.3 is 10.5 Å². The zero-order valence-electron chi connectivity index (χ0n) is 15.3. The van der Waals surface area contributed by atoms with Crippen molar-refractivity contribution >= 4 is 45.2 Å². The molecular weight excluding hydrogens is 454 g/mol. The first-order chi connectivity index (χ1) is 14.0. The minimum absolute atomic E-state index is 0.286. The fourth-order valence-corrected chi connectivity index (χ4v) is 5.26. The van der Waals surface area contributed by atoms with E-state index in [4.69, 9.17) is 10.5 Å². The summed E-state index contributed by atoms with van der Waals surface area (Å²) in [6.45, 7) is 0. The maximum atomic E-state index is 13.4. The van der Waals surface area contributed by atoms with Crippen molar-refractivity contribution in [3.63, 3.8) is 0 Å². The van der Waals surface area contributed by atoms with E-state index in [9.17, 15) is 14.9 Å². The summed E-state index contributed by atoms with van der Waals surface area (Å²) in [5, 5.41) is 9.35. The van der Waals surface area contributed by atoms with Gasteiger partial charge in [-0.3, -0.25) is 9.59 Å². The molecule has 146 valence electrons. The molecule has 2 amide bonds. The van der Waals surface area contributed by atoms with E-state index in [0.717, 1.165) is 21.8 Å². The number of rotatable bonds is 3. The number of anilines is 1. The number of carbonyl (C=O) groups is 2. The number of methoxy groups -OCH3 is 1. The summed E-state index contributed by atoms with van der Waals surface area (Å²) in [6.07, 6.45) is 0. The molecule has 3 atom stereocenters. The van der Waals surface area contributed by atoms with Crippen LogP contribution in [0.3, 0.4) is 0 Å². The van der Waals surface area contributed by atoms with E-state index in [-0.39, 0.29) is 16.8 Å². The number of nitriles is 1. The van der Waals surface area contributed by atoms with Gasteiger partial charge in [0.05, 0.1) is 35.4 Å². The molecule has 2 aromatic carbocycles. The topological polar surface area (TPSA) is 96.4 Å². The van der Waals surface area contributed by atoms with Gasteiger partial charge in [-0.05, 0) is 42.0 Å². The Balaban J connectivity index is 1.80. The van der Waals surface area contributed by atoms with E-state index < -0.39 is 17.1 Å². The number of allylic oxidation sites excluding steroid dienone is 1. The molecule has 0 bridgehead atoms. The van der Waals surface area contributed by atoms with Crippen molar-refractivity contribution in [3.05, 3.63) is 69.2 Å². The van der Waals surface area contributed by atoms with E-state index >= 15 is 0 Å². The van der Waals surface area contributed by atoms with Crippen LogP contribution in [0.15, 0.2) is 63.6 Å². The van der Waals surface area contributed by atoms with Gasteiger partial charge in [-0.25, -0.2) is 4.90 Å². The summed E-state index contributed by atoms with van der Waals surface area (Å²) >= 11 is 4.46. The lowest BCUT2D eigenvalue weighted by molar-refractivity contribution is -0.122. The SMILES string of the molecule is COc1ccc([C@@H]2C(C#N)=C(N)S[C@@H]3C(=O)N(c4ccc(Br)cc4)C(=O)[C@H]32)cc1. The Hall–Kier alpha value is -2.76. The van der Waals surface area contributed by atoms with Gasteiger partial charge in [0.25, 0.3) is 0 Å². The summed E-state index contributed by atoms with van der Waals surface area (Å²) in [5.41, 5.74) is 7.72. The first-order valence-corrected chi connectivity index (χ1v) is 10.5. The van der Waals surface area contributed by atoms with E-state index in [1.165, 1.54) is 4.90 Å². The van der Waals surface area contributed by atoms with Crippen LogP contribution in [0.4, 0.5) is 5.69 Å². The number of imide groups is 1. The zero-order valence-corrected chi connectivity index (χ0v) is 17.7. The maximum Gasteiger partial charge on any atom is 0.248 e. The maximum absolute atomic E-state index is 13.4. The van der Waals surface area contributed by atoms with Gasteiger partial charge in [-0.1, -0.05) is 39.8 Å². The highest BCUT2D eigenvalue weighted by molar-refractivity contribution is 9.10. The highest BCUT2D eigenvalue weighted by Crippen LogP contribution is 2.50. The monoisotopic (exact) mass is 469 g/mol. The van der Waals surface area contributed by atoms with Crippen molar-refractivity contribution in [1.29, 1.82) is 5.26 Å². The van der Waals surface area contributed by atoms with Crippen molar-refractivity contribution in [2.45, 2.75) is 11.2 Å². The predicted molar refractivity (Wildman–Crippen MR) is 114 cm³/mol. The van der Waals surface area contributed by atoms with Gasteiger partial charge in [-0.15, -0.1) is 0 Å². The molecule has 2 aliphatic heterocycles. The molecule has 29 heavy (non-hydrogen) atoms. The average Bonchev–Trinajstić information content (AvgIpc) is 2.97. The Morgan fingerprint density at radius 3 is 2.34 bits per heavy atom. The van der Waals surface area contributed by atoms with Crippen LogP contribution in [0, 0.1) is 17.2 Å². The minimum atomic E-state index is -0.702. The fourth-order valence-electron chi connectivity index (χ4n) is 3.80. The smallest absolute Gasteiger partial charge is 0.248 e. The molecule has 0 unspecified atom stereocenters. The number of fused-ring (bicyclic) bond motifs is 1. The van der Waals surface area contributed by atoms with Gasteiger partial charge in [0.1, 0.15) is 11.0 Å². The predicted octanol–water partition coefficient (Wildman–Crippen LogP) is 3.54. The highest BCUT2D eigenvalue weighted by Gasteiger charge is 2.56. The third-order valence-electron chi connectivity index (χ3n) is 5.17. The number of nitrogens with two attached hydrogens (primary N) is 1. The molecule has 2 aromatic rings. The third-order valence-corrected chi connectivity index (χ3v) is 6.92. The summed E-state index contributed by atoms with van der Waals surface area (Å²) in [6, 6.07) is 16.3. The number of halogens is 1. The molecule has 2 N–H and O–H groups in total. The molecular formula is C21H16BrN3O3S. The first kappa shape index (κ1) is 19.6. The number of benzene rings is 2. The average molecular weight is 470 g/mol. The number of amides is 2. The lowest BCUT2D eigenvalue weighted by Gasteiger charge is -2.30. The summed E-state index contributed by atoms with van der Waals surface area (Å²) in [7, 11) is 1.57. The van der Waals surface area contributed by atoms with Crippen LogP contribution < -0.4 is 15.4 Å². The van der Waals surface area contributed by atoms with Crippen LogP contribution in [0.2, 0.25) is 0 Å². The number of nitrogens with zero attached hydrogens (tertiary/aromatic N) is 2.